The van der Waals surface area contributed by atoms with Crippen LogP contribution in [0, 0.1) is 11.8 Å². The molecule has 134 valence electrons. The zero-order chi connectivity index (χ0) is 17.9. The number of rotatable bonds is 10. The van der Waals surface area contributed by atoms with Gasteiger partial charge in [0, 0.05) is 6.08 Å². The van der Waals surface area contributed by atoms with Gasteiger partial charge < -0.3 is 4.74 Å². The summed E-state index contributed by atoms with van der Waals surface area (Å²) >= 11 is 16.6. The summed E-state index contributed by atoms with van der Waals surface area (Å²) in [6.45, 7) is 8.40. The molecule has 0 aliphatic heterocycles. The van der Waals surface area contributed by atoms with Crippen LogP contribution in [0.2, 0.25) is 0 Å². The Labute approximate surface area is 156 Å². The molecule has 0 fully saturated rings. The molecular formula is C18H29Cl3O2. The number of alkyl halides is 3. The molecule has 0 bridgehead atoms. The van der Waals surface area contributed by atoms with Crippen molar-refractivity contribution in [2.75, 3.05) is 6.61 Å². The first kappa shape index (κ1) is 22.8. The van der Waals surface area contributed by atoms with Gasteiger partial charge in [0.15, 0.2) is 0 Å². The van der Waals surface area contributed by atoms with Crippen LogP contribution in [-0.4, -0.2) is 16.4 Å². The molecule has 2 unspecified atom stereocenters. The van der Waals surface area contributed by atoms with Crippen molar-refractivity contribution >= 4 is 40.8 Å². The van der Waals surface area contributed by atoms with Gasteiger partial charge in [0.25, 0.3) is 0 Å². The van der Waals surface area contributed by atoms with Crippen molar-refractivity contribution in [1.29, 1.82) is 0 Å². The summed E-state index contributed by atoms with van der Waals surface area (Å²) in [4.78, 5) is 11.5. The summed E-state index contributed by atoms with van der Waals surface area (Å²) in [6.07, 6.45) is 11.5. The van der Waals surface area contributed by atoms with E-state index in [4.69, 9.17) is 39.5 Å². The SMILES string of the molecule is CCC(C)CCCC(C)CC=CC(C)=CC(=O)OCC(Cl)(Cl)Cl. The van der Waals surface area contributed by atoms with E-state index < -0.39 is 9.76 Å². The second-order valence-corrected chi connectivity index (χ2v) is 8.81. The van der Waals surface area contributed by atoms with Crippen LogP contribution in [0.1, 0.15) is 59.8 Å². The topological polar surface area (TPSA) is 26.3 Å². The highest BCUT2D eigenvalue weighted by Crippen LogP contribution is 2.26. The van der Waals surface area contributed by atoms with Crippen LogP contribution in [0.25, 0.3) is 0 Å². The zero-order valence-electron chi connectivity index (χ0n) is 14.6. The second kappa shape index (κ2) is 12.2. The highest BCUT2D eigenvalue weighted by Gasteiger charge is 2.21. The standard InChI is InChI=1S/C18H29Cl3O2/c1-5-14(2)8-6-9-15(3)10-7-11-16(4)12-17(22)23-13-18(19,20)21/h7,11-12,14-15H,5-6,8-10,13H2,1-4H3. The van der Waals surface area contributed by atoms with E-state index >= 15 is 0 Å². The molecule has 0 aromatic carbocycles. The monoisotopic (exact) mass is 382 g/mol. The third-order valence-electron chi connectivity index (χ3n) is 3.73. The summed E-state index contributed by atoms with van der Waals surface area (Å²) in [5.74, 6) is 0.973. The van der Waals surface area contributed by atoms with Gasteiger partial charge in [0.1, 0.15) is 6.61 Å². The van der Waals surface area contributed by atoms with Crippen LogP contribution in [0.5, 0.6) is 0 Å². The molecule has 0 saturated heterocycles. The summed E-state index contributed by atoms with van der Waals surface area (Å²) in [5.41, 5.74) is 0.825. The normalized spacial score (nSPS) is 15.7. The number of carbonyl (C=O) groups is 1. The van der Waals surface area contributed by atoms with E-state index in [1.165, 1.54) is 31.8 Å². The van der Waals surface area contributed by atoms with Crippen molar-refractivity contribution in [3.05, 3.63) is 23.8 Å². The van der Waals surface area contributed by atoms with Gasteiger partial charge >= 0.3 is 5.97 Å². The first-order valence-corrected chi connectivity index (χ1v) is 9.35. The van der Waals surface area contributed by atoms with Crippen LogP contribution < -0.4 is 0 Å². The lowest BCUT2D eigenvalue weighted by molar-refractivity contribution is -0.137. The minimum Gasteiger partial charge on any atom is -0.458 e. The van der Waals surface area contributed by atoms with Crippen LogP contribution in [0.4, 0.5) is 0 Å². The molecule has 0 aromatic rings. The number of halogens is 3. The number of allylic oxidation sites excluding steroid dienone is 3. The molecule has 0 N–H and O–H groups in total. The Morgan fingerprint density at radius 1 is 1.17 bits per heavy atom. The molecule has 23 heavy (non-hydrogen) atoms. The second-order valence-electron chi connectivity index (χ2n) is 6.30. The first-order chi connectivity index (χ1) is 10.6. The zero-order valence-corrected chi connectivity index (χ0v) is 16.8. The van der Waals surface area contributed by atoms with E-state index in [1.807, 2.05) is 13.0 Å². The maximum atomic E-state index is 11.5. The number of ether oxygens (including phenoxy) is 1. The maximum Gasteiger partial charge on any atom is 0.331 e. The molecule has 0 aromatic heterocycles. The third kappa shape index (κ3) is 15.1. The Bertz CT molecular complexity index is 398. The van der Waals surface area contributed by atoms with Gasteiger partial charge in [-0.2, -0.15) is 0 Å². The molecule has 0 rings (SSSR count). The average Bonchev–Trinajstić information content (AvgIpc) is 2.44. The first-order valence-electron chi connectivity index (χ1n) is 8.22. The van der Waals surface area contributed by atoms with Gasteiger partial charge in [-0.3, -0.25) is 0 Å². The van der Waals surface area contributed by atoms with E-state index in [0.29, 0.717) is 5.92 Å². The number of esters is 1. The Hall–Kier alpha value is -0.180. The summed E-state index contributed by atoms with van der Waals surface area (Å²) in [7, 11) is 0. The van der Waals surface area contributed by atoms with Crippen molar-refractivity contribution in [2.24, 2.45) is 11.8 Å². The van der Waals surface area contributed by atoms with Crippen LogP contribution in [0.15, 0.2) is 23.8 Å². The fourth-order valence-electron chi connectivity index (χ4n) is 2.05. The summed E-state index contributed by atoms with van der Waals surface area (Å²) < 4.78 is 3.27. The van der Waals surface area contributed by atoms with Gasteiger partial charge in [-0.25, -0.2) is 4.79 Å². The van der Waals surface area contributed by atoms with E-state index in [-0.39, 0.29) is 6.61 Å². The van der Waals surface area contributed by atoms with Gasteiger partial charge in [-0.05, 0) is 30.8 Å². The molecule has 0 radical (unpaired) electrons. The fourth-order valence-corrected chi connectivity index (χ4v) is 2.22. The Kier molecular flexibility index (Phi) is 12.1. The number of hydrogen-bond acceptors (Lipinski definition) is 2. The lowest BCUT2D eigenvalue weighted by atomic mass is 9.95. The Balaban J connectivity index is 4.04. The molecule has 0 aliphatic rings. The average molecular weight is 384 g/mol. The highest BCUT2D eigenvalue weighted by molar-refractivity contribution is 6.67. The largest absolute Gasteiger partial charge is 0.458 e. The van der Waals surface area contributed by atoms with Crippen molar-refractivity contribution in [2.45, 2.75) is 63.6 Å². The quantitative estimate of drug-likeness (QED) is 0.183. The molecule has 0 spiro atoms. The number of hydrogen-bond donors (Lipinski definition) is 0. The Morgan fingerprint density at radius 2 is 1.78 bits per heavy atom. The molecule has 0 saturated carbocycles. The minimum absolute atomic E-state index is 0.253. The predicted molar refractivity (Wildman–Crippen MR) is 101 cm³/mol. The predicted octanol–water partition coefficient (Wildman–Crippen LogP) is 6.64. The van der Waals surface area contributed by atoms with E-state index in [0.717, 1.165) is 17.9 Å². The molecule has 2 atom stereocenters. The smallest absolute Gasteiger partial charge is 0.331 e. The maximum absolute atomic E-state index is 11.5. The van der Waals surface area contributed by atoms with Gasteiger partial charge in [-0.15, -0.1) is 0 Å². The Morgan fingerprint density at radius 3 is 2.35 bits per heavy atom. The fraction of sp³-hybridized carbons (Fsp3) is 0.722. The van der Waals surface area contributed by atoms with Crippen molar-refractivity contribution in [3.8, 4) is 0 Å². The third-order valence-corrected chi connectivity index (χ3v) is 4.06. The van der Waals surface area contributed by atoms with E-state index in [9.17, 15) is 4.79 Å². The lowest BCUT2D eigenvalue weighted by Crippen LogP contribution is -2.16. The van der Waals surface area contributed by atoms with E-state index in [2.05, 4.69) is 26.8 Å². The summed E-state index contributed by atoms with van der Waals surface area (Å²) in [6, 6.07) is 0. The highest BCUT2D eigenvalue weighted by atomic mass is 35.6. The van der Waals surface area contributed by atoms with Crippen molar-refractivity contribution in [1.82, 2.24) is 0 Å². The van der Waals surface area contributed by atoms with Crippen LogP contribution in [-0.2, 0) is 9.53 Å². The molecular weight excluding hydrogens is 355 g/mol. The van der Waals surface area contributed by atoms with Crippen LogP contribution >= 0.6 is 34.8 Å². The lowest BCUT2D eigenvalue weighted by Gasteiger charge is -2.11. The van der Waals surface area contributed by atoms with Crippen molar-refractivity contribution in [3.63, 3.8) is 0 Å². The van der Waals surface area contributed by atoms with E-state index in [1.54, 1.807) is 0 Å². The van der Waals surface area contributed by atoms with Gasteiger partial charge in [0.05, 0.1) is 0 Å². The molecule has 0 heterocycles. The molecule has 0 amide bonds. The van der Waals surface area contributed by atoms with Crippen molar-refractivity contribution < 1.29 is 9.53 Å². The number of carbonyl (C=O) groups excluding carboxylic acids is 1. The minimum atomic E-state index is -1.57. The van der Waals surface area contributed by atoms with Crippen LogP contribution in [0.3, 0.4) is 0 Å². The van der Waals surface area contributed by atoms with Gasteiger partial charge in [0.2, 0.25) is 3.79 Å². The molecule has 5 heteroatoms. The molecule has 2 nitrogen and oxygen atoms in total. The molecule has 0 aliphatic carbocycles. The van der Waals surface area contributed by atoms with Gasteiger partial charge in [-0.1, -0.05) is 93.4 Å². The summed E-state index contributed by atoms with van der Waals surface area (Å²) in [5, 5.41) is 0.